The van der Waals surface area contributed by atoms with Crippen LogP contribution in [0.5, 0.6) is 0 Å². The summed E-state index contributed by atoms with van der Waals surface area (Å²) in [5.41, 5.74) is -2.37. The number of ether oxygens (including phenoxy) is 2. The number of nitrogens with zero attached hydrogens (tertiary/aromatic N) is 3. The summed E-state index contributed by atoms with van der Waals surface area (Å²) >= 11 is 1.21. The quantitative estimate of drug-likeness (QED) is 0.307. The van der Waals surface area contributed by atoms with Crippen molar-refractivity contribution in [3.05, 3.63) is 74.8 Å². The van der Waals surface area contributed by atoms with Crippen LogP contribution in [0.2, 0.25) is 0 Å². The van der Waals surface area contributed by atoms with E-state index in [9.17, 15) is 19.5 Å². The molecule has 0 aliphatic carbocycles. The second kappa shape index (κ2) is 10.9. The van der Waals surface area contributed by atoms with E-state index in [-0.39, 0.29) is 25.1 Å². The van der Waals surface area contributed by atoms with E-state index in [0.29, 0.717) is 21.2 Å². The van der Waals surface area contributed by atoms with Crippen LogP contribution in [0.25, 0.3) is 21.0 Å². The molecule has 1 unspecified atom stereocenters. The zero-order valence-corrected chi connectivity index (χ0v) is 23.7. The fourth-order valence-corrected chi connectivity index (χ4v) is 5.56. The number of thiophene rings is 1. The third-order valence-electron chi connectivity index (χ3n) is 6.23. The molecule has 11 heteroatoms. The molecule has 0 aliphatic rings. The molecular weight excluding hydrogens is 522 g/mol. The Kier molecular flexibility index (Phi) is 7.97. The number of aryl methyl sites for hydroxylation is 1. The molecule has 0 radical (unpaired) electrons. The van der Waals surface area contributed by atoms with Crippen molar-refractivity contribution in [1.82, 2.24) is 14.1 Å². The summed E-state index contributed by atoms with van der Waals surface area (Å²) in [4.78, 5) is 46.7. The first-order valence-electron chi connectivity index (χ1n) is 12.6. The predicted molar refractivity (Wildman–Crippen MR) is 148 cm³/mol. The van der Waals surface area contributed by atoms with E-state index in [1.807, 2.05) is 30.3 Å². The van der Waals surface area contributed by atoms with E-state index >= 15 is 0 Å². The summed E-state index contributed by atoms with van der Waals surface area (Å²) in [6.07, 6.45) is 2.32. The lowest BCUT2D eigenvalue weighted by molar-refractivity contribution is -0.164. The number of benzene rings is 1. The lowest BCUT2D eigenvalue weighted by atomic mass is 10.0. The predicted octanol–water partition coefficient (Wildman–Crippen LogP) is 4.02. The first kappa shape index (κ1) is 28.5. The molecule has 0 aliphatic heterocycles. The Labute approximate surface area is 229 Å². The van der Waals surface area contributed by atoms with Gasteiger partial charge in [-0.15, -0.1) is 11.3 Å². The zero-order chi connectivity index (χ0) is 28.5. The van der Waals surface area contributed by atoms with Gasteiger partial charge in [0.2, 0.25) is 5.89 Å². The number of carbonyl (C=O) groups is 1. The summed E-state index contributed by atoms with van der Waals surface area (Å²) in [5.74, 6) is -0.391. The summed E-state index contributed by atoms with van der Waals surface area (Å²) < 4.78 is 19.5. The monoisotopic (exact) mass is 555 g/mol. The smallest absolute Gasteiger partial charge is 0.333 e. The third kappa shape index (κ3) is 5.61. The van der Waals surface area contributed by atoms with Crippen LogP contribution in [0.1, 0.15) is 51.8 Å². The Morgan fingerprint density at radius 1 is 1.15 bits per heavy atom. The van der Waals surface area contributed by atoms with E-state index in [0.717, 1.165) is 10.1 Å². The molecule has 0 saturated carbocycles. The lowest BCUT2D eigenvalue weighted by Crippen LogP contribution is -2.54. The van der Waals surface area contributed by atoms with Gasteiger partial charge in [-0.05, 0) is 52.7 Å². The van der Waals surface area contributed by atoms with Gasteiger partial charge in [-0.1, -0.05) is 30.3 Å². The molecule has 0 spiro atoms. The summed E-state index contributed by atoms with van der Waals surface area (Å²) in [5, 5.41) is 9.71. The molecule has 0 bridgehead atoms. The van der Waals surface area contributed by atoms with E-state index in [4.69, 9.17) is 13.9 Å². The van der Waals surface area contributed by atoms with Gasteiger partial charge in [0.25, 0.3) is 5.56 Å². The minimum Gasteiger partial charge on any atom is -0.458 e. The maximum Gasteiger partial charge on any atom is 0.333 e. The average molecular weight is 556 g/mol. The Bertz CT molecular complexity index is 1580. The zero-order valence-electron chi connectivity index (χ0n) is 22.9. The average Bonchev–Trinajstić information content (AvgIpc) is 3.51. The molecule has 3 aromatic heterocycles. The Morgan fingerprint density at radius 2 is 1.85 bits per heavy atom. The van der Waals surface area contributed by atoms with Crippen LogP contribution in [0, 0.1) is 6.92 Å². The molecule has 39 heavy (non-hydrogen) atoms. The molecule has 3 heterocycles. The molecule has 10 nitrogen and oxygen atoms in total. The number of oxazole rings is 1. The van der Waals surface area contributed by atoms with Crippen molar-refractivity contribution >= 4 is 27.5 Å². The highest BCUT2D eigenvalue weighted by molar-refractivity contribution is 7.22. The molecule has 1 aromatic carbocycles. The molecule has 4 aromatic rings. The van der Waals surface area contributed by atoms with Crippen molar-refractivity contribution in [2.24, 2.45) is 0 Å². The van der Waals surface area contributed by atoms with Crippen molar-refractivity contribution in [2.75, 3.05) is 13.2 Å². The normalized spacial score (nSPS) is 13.1. The number of hydrogen-bond donors (Lipinski definition) is 1. The number of carbonyl (C=O) groups excluding carboxylic acids is 1. The molecule has 0 amide bonds. The van der Waals surface area contributed by atoms with Crippen LogP contribution in [-0.2, 0) is 26.4 Å². The van der Waals surface area contributed by atoms with Gasteiger partial charge in [-0.25, -0.2) is 19.1 Å². The Hall–Kier alpha value is -3.54. The summed E-state index contributed by atoms with van der Waals surface area (Å²) in [6, 6.07) is 9.30. The Morgan fingerprint density at radius 3 is 2.44 bits per heavy atom. The Balaban J connectivity index is 2.00. The number of esters is 1. The SMILES string of the molecule is Cc1c(-c2ncco2)sc2c1c(=O)n(C(C)(C)C(=O)OC(C)(C)C)c(=O)n2CC(OCCO)c1ccccc1. The minimum absolute atomic E-state index is 0.0228. The van der Waals surface area contributed by atoms with E-state index in [2.05, 4.69) is 4.98 Å². The van der Waals surface area contributed by atoms with Gasteiger partial charge in [0.15, 0.2) is 0 Å². The lowest BCUT2D eigenvalue weighted by Gasteiger charge is -2.30. The maximum atomic E-state index is 14.1. The standard InChI is InChI=1S/C28H33N3O7S/c1-17-20-23(33)31(28(5,6)25(34)38-27(2,3)4)26(35)30(24(20)39-21(17)22-29-12-14-37-22)16-19(36-15-13-32)18-10-8-7-9-11-18/h7-12,14,19,32H,13,15-16H2,1-6H3. The molecule has 4 rings (SSSR count). The largest absolute Gasteiger partial charge is 0.458 e. The number of aliphatic hydroxyl groups excluding tert-OH is 1. The topological polar surface area (TPSA) is 126 Å². The van der Waals surface area contributed by atoms with Crippen LogP contribution >= 0.6 is 11.3 Å². The fraction of sp³-hybridized carbons (Fsp3) is 0.429. The van der Waals surface area contributed by atoms with Crippen molar-refractivity contribution in [1.29, 1.82) is 0 Å². The van der Waals surface area contributed by atoms with Crippen LogP contribution in [-0.4, -0.2) is 44.0 Å². The highest BCUT2D eigenvalue weighted by atomic mass is 32.1. The van der Waals surface area contributed by atoms with Crippen LogP contribution in [0.4, 0.5) is 0 Å². The fourth-order valence-electron chi connectivity index (χ4n) is 4.32. The highest BCUT2D eigenvalue weighted by Crippen LogP contribution is 2.36. The first-order chi connectivity index (χ1) is 18.4. The molecule has 0 saturated heterocycles. The summed E-state index contributed by atoms with van der Waals surface area (Å²) in [7, 11) is 0. The molecule has 0 fully saturated rings. The third-order valence-corrected chi connectivity index (χ3v) is 7.53. The van der Waals surface area contributed by atoms with Crippen molar-refractivity contribution in [3.63, 3.8) is 0 Å². The highest BCUT2D eigenvalue weighted by Gasteiger charge is 2.39. The van der Waals surface area contributed by atoms with Gasteiger partial charge in [0, 0.05) is 0 Å². The molecular formula is C28H33N3O7S. The first-order valence-corrected chi connectivity index (χ1v) is 13.4. The second-order valence-corrected chi connectivity index (χ2v) is 11.7. The van der Waals surface area contributed by atoms with Gasteiger partial charge >= 0.3 is 11.7 Å². The van der Waals surface area contributed by atoms with Gasteiger partial charge < -0.3 is 19.0 Å². The van der Waals surface area contributed by atoms with Crippen molar-refractivity contribution in [3.8, 4) is 10.8 Å². The maximum absolute atomic E-state index is 14.1. The van der Waals surface area contributed by atoms with Crippen molar-refractivity contribution < 1.29 is 23.8 Å². The number of rotatable bonds is 9. The minimum atomic E-state index is -1.62. The van der Waals surface area contributed by atoms with Gasteiger partial charge in [0.05, 0.1) is 36.2 Å². The molecule has 1 N–H and O–H groups in total. The van der Waals surface area contributed by atoms with E-state index < -0.39 is 34.5 Å². The second-order valence-electron chi connectivity index (χ2n) is 10.7. The molecule has 1 atom stereocenters. The van der Waals surface area contributed by atoms with Gasteiger partial charge in [-0.3, -0.25) is 9.36 Å². The molecule has 208 valence electrons. The number of aliphatic hydroxyl groups is 1. The number of aromatic nitrogens is 3. The van der Waals surface area contributed by atoms with E-state index in [1.54, 1.807) is 27.7 Å². The van der Waals surface area contributed by atoms with Crippen molar-refractivity contribution in [2.45, 2.75) is 65.3 Å². The number of fused-ring (bicyclic) bond motifs is 1. The van der Waals surface area contributed by atoms with Gasteiger partial charge in [-0.2, -0.15) is 0 Å². The van der Waals surface area contributed by atoms with Crippen LogP contribution in [0.15, 0.2) is 56.8 Å². The summed E-state index contributed by atoms with van der Waals surface area (Å²) in [6.45, 7) is 9.78. The number of hydrogen-bond acceptors (Lipinski definition) is 9. The van der Waals surface area contributed by atoms with Crippen LogP contribution < -0.4 is 11.2 Å². The van der Waals surface area contributed by atoms with Gasteiger partial charge in [0.1, 0.15) is 28.3 Å². The van der Waals surface area contributed by atoms with E-state index in [1.165, 1.54) is 42.2 Å². The van der Waals surface area contributed by atoms with Crippen LogP contribution in [0.3, 0.4) is 0 Å².